The Balaban J connectivity index is 2.86. The van der Waals surface area contributed by atoms with Crippen molar-refractivity contribution in [2.75, 3.05) is 6.61 Å². The van der Waals surface area contributed by atoms with Gasteiger partial charge in [-0.1, -0.05) is 11.0 Å². The van der Waals surface area contributed by atoms with Gasteiger partial charge in [-0.25, -0.2) is 8.42 Å². The topological polar surface area (TPSA) is 98.5 Å². The number of nitrogens with one attached hydrogen (secondary N) is 1. The lowest BCUT2D eigenvalue weighted by atomic mass is 10.2. The van der Waals surface area contributed by atoms with Crippen molar-refractivity contribution in [3.63, 3.8) is 0 Å². The Hall–Kier alpha value is -1.44. The van der Waals surface area contributed by atoms with Crippen LogP contribution in [0, 0.1) is 13.8 Å². The van der Waals surface area contributed by atoms with Crippen LogP contribution in [0.4, 0.5) is 0 Å². The zero-order valence-corrected chi connectivity index (χ0v) is 10.4. The van der Waals surface area contributed by atoms with Crippen molar-refractivity contribution >= 4 is 15.9 Å². The Labute approximate surface area is 99.8 Å². The highest BCUT2D eigenvalue weighted by atomic mass is 32.2. The summed E-state index contributed by atoms with van der Waals surface area (Å²) in [6.07, 6.45) is 0. The quantitative estimate of drug-likeness (QED) is 0.726. The van der Waals surface area contributed by atoms with E-state index < -0.39 is 22.5 Å². The molecule has 0 atom stereocenters. The van der Waals surface area contributed by atoms with Crippen molar-refractivity contribution in [1.29, 1.82) is 0 Å². The molecule has 0 aliphatic rings. The molecule has 1 rings (SSSR count). The maximum absolute atomic E-state index is 11.7. The molecule has 7 heteroatoms. The maximum Gasteiger partial charge on any atom is 0.262 e. The third-order valence-electron chi connectivity index (χ3n) is 1.89. The summed E-state index contributed by atoms with van der Waals surface area (Å²) in [4.78, 5) is 16.8. The molecule has 0 aliphatic carbocycles. The molecule has 0 heterocycles. The second-order valence-electron chi connectivity index (χ2n) is 3.67. The molecule has 0 spiro atoms. The van der Waals surface area contributed by atoms with E-state index in [4.69, 9.17) is 5.73 Å². The molecular weight excluding hydrogens is 244 g/mol. The maximum atomic E-state index is 11.7. The first-order chi connectivity index (χ1) is 7.81. The second-order valence-corrected chi connectivity index (χ2v) is 5.31. The lowest BCUT2D eigenvalue weighted by molar-refractivity contribution is -0.123. The molecule has 0 fully saturated rings. The van der Waals surface area contributed by atoms with Crippen molar-refractivity contribution in [2.24, 2.45) is 5.73 Å². The number of aryl methyl sites for hydroxylation is 2. The molecule has 1 aromatic rings. The van der Waals surface area contributed by atoms with Gasteiger partial charge in [0, 0.05) is 0 Å². The van der Waals surface area contributed by atoms with Crippen LogP contribution in [0.3, 0.4) is 0 Å². The molecule has 17 heavy (non-hydrogen) atoms. The Morgan fingerprint density at radius 2 is 1.82 bits per heavy atom. The van der Waals surface area contributed by atoms with Gasteiger partial charge in [0.15, 0.2) is 0 Å². The van der Waals surface area contributed by atoms with Gasteiger partial charge in [0.25, 0.3) is 10.0 Å². The predicted octanol–water partition coefficient (Wildman–Crippen LogP) is -0.00136. The largest absolute Gasteiger partial charge is 0.368 e. The standard InChI is InChI=1S/C10H14N2O4S/c1-7-3-8(2)5-9(4-7)17(14,15)12-16-6-10(11)13/h3-5,12H,6H2,1-2H3,(H2,11,13). The van der Waals surface area contributed by atoms with E-state index in [1.165, 1.54) is 12.1 Å². The fraction of sp³-hybridized carbons (Fsp3) is 0.300. The number of nitrogens with two attached hydrogens (primary N) is 1. The molecule has 0 aromatic heterocycles. The predicted molar refractivity (Wildman–Crippen MR) is 61.4 cm³/mol. The average molecular weight is 258 g/mol. The van der Waals surface area contributed by atoms with Crippen LogP contribution in [0.25, 0.3) is 0 Å². The Bertz CT molecular complexity index is 505. The SMILES string of the molecule is Cc1cc(C)cc(S(=O)(=O)NOCC(N)=O)c1. The summed E-state index contributed by atoms with van der Waals surface area (Å²) in [6.45, 7) is 3.07. The van der Waals surface area contributed by atoms with E-state index in [2.05, 4.69) is 4.84 Å². The monoisotopic (exact) mass is 258 g/mol. The van der Waals surface area contributed by atoms with E-state index in [0.29, 0.717) is 0 Å². The molecule has 94 valence electrons. The second kappa shape index (κ2) is 5.26. The number of sulfonamides is 1. The van der Waals surface area contributed by atoms with Crippen LogP contribution in [0.1, 0.15) is 11.1 Å². The van der Waals surface area contributed by atoms with Gasteiger partial charge >= 0.3 is 0 Å². The zero-order chi connectivity index (χ0) is 13.1. The first kappa shape index (κ1) is 13.6. The van der Waals surface area contributed by atoms with Crippen molar-refractivity contribution < 1.29 is 18.0 Å². The summed E-state index contributed by atoms with van der Waals surface area (Å²) < 4.78 is 23.5. The summed E-state index contributed by atoms with van der Waals surface area (Å²) in [5, 5.41) is 0. The van der Waals surface area contributed by atoms with Crippen LogP contribution in [0.15, 0.2) is 23.1 Å². The minimum absolute atomic E-state index is 0.0828. The van der Waals surface area contributed by atoms with Gasteiger partial charge in [0.2, 0.25) is 5.91 Å². The molecule has 0 radical (unpaired) electrons. The van der Waals surface area contributed by atoms with Gasteiger partial charge in [-0.05, 0) is 37.1 Å². The minimum Gasteiger partial charge on any atom is -0.368 e. The van der Waals surface area contributed by atoms with Crippen molar-refractivity contribution in [2.45, 2.75) is 18.7 Å². The van der Waals surface area contributed by atoms with Gasteiger partial charge in [-0.15, -0.1) is 0 Å². The zero-order valence-electron chi connectivity index (χ0n) is 9.56. The van der Waals surface area contributed by atoms with Crippen LogP contribution in [-0.4, -0.2) is 20.9 Å². The Morgan fingerprint density at radius 3 is 2.29 bits per heavy atom. The summed E-state index contributed by atoms with van der Waals surface area (Å²) in [5.41, 5.74) is 6.45. The lowest BCUT2D eigenvalue weighted by Crippen LogP contribution is -2.29. The van der Waals surface area contributed by atoms with Crippen LogP contribution >= 0.6 is 0 Å². The highest BCUT2D eigenvalue weighted by Gasteiger charge is 2.15. The Morgan fingerprint density at radius 1 is 1.29 bits per heavy atom. The van der Waals surface area contributed by atoms with E-state index in [1.54, 1.807) is 13.8 Å². The van der Waals surface area contributed by atoms with Gasteiger partial charge in [0.05, 0.1) is 4.90 Å². The van der Waals surface area contributed by atoms with E-state index in [0.717, 1.165) is 11.1 Å². The van der Waals surface area contributed by atoms with Crippen molar-refractivity contribution in [1.82, 2.24) is 4.89 Å². The van der Waals surface area contributed by atoms with Gasteiger partial charge in [-0.3, -0.25) is 9.63 Å². The summed E-state index contributed by atoms with van der Waals surface area (Å²) >= 11 is 0. The molecule has 0 saturated carbocycles. The van der Waals surface area contributed by atoms with E-state index >= 15 is 0 Å². The molecule has 3 N–H and O–H groups in total. The Kier molecular flexibility index (Phi) is 4.22. The summed E-state index contributed by atoms with van der Waals surface area (Å²) in [6, 6.07) is 4.86. The highest BCUT2D eigenvalue weighted by Crippen LogP contribution is 2.13. The van der Waals surface area contributed by atoms with Gasteiger partial charge in [-0.2, -0.15) is 0 Å². The van der Waals surface area contributed by atoms with E-state index in [-0.39, 0.29) is 4.90 Å². The number of amides is 1. The number of primary amides is 1. The van der Waals surface area contributed by atoms with Crippen LogP contribution in [-0.2, 0) is 19.7 Å². The summed E-state index contributed by atoms with van der Waals surface area (Å²) in [5.74, 6) is -0.756. The van der Waals surface area contributed by atoms with Crippen LogP contribution in [0.2, 0.25) is 0 Å². The first-order valence-corrected chi connectivity index (χ1v) is 6.30. The van der Waals surface area contributed by atoms with Crippen molar-refractivity contribution in [3.8, 4) is 0 Å². The van der Waals surface area contributed by atoms with Gasteiger partial charge < -0.3 is 5.73 Å². The molecule has 1 aromatic carbocycles. The normalized spacial score (nSPS) is 11.4. The number of benzene rings is 1. The molecule has 1 amide bonds. The fourth-order valence-corrected chi connectivity index (χ4v) is 2.31. The van der Waals surface area contributed by atoms with Crippen molar-refractivity contribution in [3.05, 3.63) is 29.3 Å². The number of hydrogen-bond donors (Lipinski definition) is 2. The molecule has 0 unspecified atom stereocenters. The number of carbonyl (C=O) groups is 1. The van der Waals surface area contributed by atoms with Crippen LogP contribution < -0.4 is 10.6 Å². The molecule has 0 saturated heterocycles. The molecule has 0 bridgehead atoms. The molecule has 0 aliphatic heterocycles. The van der Waals surface area contributed by atoms with Gasteiger partial charge in [0.1, 0.15) is 6.61 Å². The van der Waals surface area contributed by atoms with E-state index in [9.17, 15) is 13.2 Å². The summed E-state index contributed by atoms with van der Waals surface area (Å²) in [7, 11) is -3.78. The first-order valence-electron chi connectivity index (χ1n) is 4.81. The molecular formula is C10H14N2O4S. The highest BCUT2D eigenvalue weighted by molar-refractivity contribution is 7.89. The minimum atomic E-state index is -3.78. The smallest absolute Gasteiger partial charge is 0.262 e. The lowest BCUT2D eigenvalue weighted by Gasteiger charge is -2.07. The number of hydrogen-bond acceptors (Lipinski definition) is 4. The average Bonchev–Trinajstić information content (AvgIpc) is 2.14. The van der Waals surface area contributed by atoms with E-state index in [1.807, 2.05) is 11.0 Å². The fourth-order valence-electron chi connectivity index (χ4n) is 1.31. The third-order valence-corrected chi connectivity index (χ3v) is 3.08. The molecule has 6 nitrogen and oxygen atoms in total. The number of rotatable bonds is 5. The third kappa shape index (κ3) is 4.14. The van der Waals surface area contributed by atoms with Crippen LogP contribution in [0.5, 0.6) is 0 Å². The number of carbonyl (C=O) groups excluding carboxylic acids is 1.